The van der Waals surface area contributed by atoms with E-state index in [1.165, 1.54) is 18.3 Å². The number of benzene rings is 1. The molecule has 2 rings (SSSR count). The zero-order chi connectivity index (χ0) is 10.1. The topological polar surface area (TPSA) is 41.8 Å². The Bertz CT molecular complexity index is 450. The monoisotopic (exact) mass is 196 g/mol. The highest BCUT2D eigenvalue weighted by molar-refractivity contribution is 5.83. The summed E-state index contributed by atoms with van der Waals surface area (Å²) in [5.74, 6) is -0.373. The molecular formula is C10H10F2N2. The van der Waals surface area contributed by atoms with Gasteiger partial charge in [-0.05, 0) is 18.2 Å². The number of fused-ring (bicyclic) bond motifs is 1. The van der Waals surface area contributed by atoms with E-state index in [1.807, 2.05) is 0 Å². The van der Waals surface area contributed by atoms with Gasteiger partial charge in [0.1, 0.15) is 12.0 Å². The van der Waals surface area contributed by atoms with Crippen LogP contribution in [0.4, 0.5) is 8.78 Å². The first-order valence-electron chi connectivity index (χ1n) is 4.33. The smallest absolute Gasteiger partial charge is 0.139 e. The summed E-state index contributed by atoms with van der Waals surface area (Å²) in [5.41, 5.74) is 6.35. The molecule has 0 fully saturated rings. The largest absolute Gasteiger partial charge is 0.361 e. The Kier molecular flexibility index (Phi) is 2.21. The fraction of sp³-hybridized carbons (Fsp3) is 0.200. The second-order valence-corrected chi connectivity index (χ2v) is 3.14. The van der Waals surface area contributed by atoms with Crippen LogP contribution in [-0.2, 0) is 0 Å². The highest BCUT2D eigenvalue weighted by Gasteiger charge is 2.13. The molecule has 1 aromatic carbocycles. The molecule has 0 aliphatic heterocycles. The number of nitrogens with one attached hydrogen (secondary N) is 1. The van der Waals surface area contributed by atoms with Gasteiger partial charge in [-0.15, -0.1) is 0 Å². The SMILES string of the molecule is NC[C@@H](F)c1c[nH]c2ccc(F)cc12. The summed E-state index contributed by atoms with van der Waals surface area (Å²) in [4.78, 5) is 2.87. The highest BCUT2D eigenvalue weighted by atomic mass is 19.1. The second-order valence-electron chi connectivity index (χ2n) is 3.14. The normalized spacial score (nSPS) is 13.4. The molecule has 0 unspecified atom stereocenters. The Hall–Kier alpha value is -1.42. The highest BCUT2D eigenvalue weighted by Crippen LogP contribution is 2.26. The molecule has 0 radical (unpaired) electrons. The molecule has 0 spiro atoms. The number of nitrogens with two attached hydrogens (primary N) is 1. The molecule has 1 aromatic heterocycles. The molecule has 1 atom stereocenters. The third-order valence-electron chi connectivity index (χ3n) is 2.22. The number of hydrogen-bond donors (Lipinski definition) is 2. The summed E-state index contributed by atoms with van der Waals surface area (Å²) in [6.45, 7) is -0.0938. The summed E-state index contributed by atoms with van der Waals surface area (Å²) < 4.78 is 26.2. The number of aromatic amines is 1. The number of alkyl halides is 1. The summed E-state index contributed by atoms with van der Waals surface area (Å²) in [7, 11) is 0. The summed E-state index contributed by atoms with van der Waals surface area (Å²) in [5, 5.41) is 0.558. The average Bonchev–Trinajstić information content (AvgIpc) is 2.59. The Morgan fingerprint density at radius 2 is 2.21 bits per heavy atom. The first kappa shape index (κ1) is 9.15. The van der Waals surface area contributed by atoms with Gasteiger partial charge >= 0.3 is 0 Å². The van der Waals surface area contributed by atoms with E-state index in [0.717, 1.165) is 5.52 Å². The van der Waals surface area contributed by atoms with Gasteiger partial charge in [0.15, 0.2) is 0 Å². The molecule has 2 nitrogen and oxygen atoms in total. The molecule has 2 aromatic rings. The minimum absolute atomic E-state index is 0.0938. The first-order valence-corrected chi connectivity index (χ1v) is 4.33. The fourth-order valence-corrected chi connectivity index (χ4v) is 1.50. The molecule has 1 heterocycles. The standard InChI is InChI=1S/C10H10F2N2/c11-6-1-2-10-7(3-6)8(5-14-10)9(12)4-13/h1-3,5,9,14H,4,13H2/t9-/m1/s1. The summed E-state index contributed by atoms with van der Waals surface area (Å²) in [6.07, 6.45) is 0.285. The van der Waals surface area contributed by atoms with Gasteiger partial charge in [-0.2, -0.15) is 0 Å². The van der Waals surface area contributed by atoms with Gasteiger partial charge in [0.2, 0.25) is 0 Å². The first-order chi connectivity index (χ1) is 6.72. The van der Waals surface area contributed by atoms with Crippen LogP contribution in [0.5, 0.6) is 0 Å². The van der Waals surface area contributed by atoms with Crippen molar-refractivity contribution in [3.63, 3.8) is 0 Å². The lowest BCUT2D eigenvalue weighted by Crippen LogP contribution is -2.06. The lowest BCUT2D eigenvalue weighted by molar-refractivity contribution is 0.355. The zero-order valence-corrected chi connectivity index (χ0v) is 7.43. The van der Waals surface area contributed by atoms with E-state index in [0.29, 0.717) is 10.9 Å². The Morgan fingerprint density at radius 3 is 2.93 bits per heavy atom. The lowest BCUT2D eigenvalue weighted by atomic mass is 10.1. The number of halogens is 2. The Morgan fingerprint density at radius 1 is 1.43 bits per heavy atom. The maximum Gasteiger partial charge on any atom is 0.139 e. The van der Waals surface area contributed by atoms with Crippen molar-refractivity contribution >= 4 is 10.9 Å². The summed E-state index contributed by atoms with van der Waals surface area (Å²) >= 11 is 0. The van der Waals surface area contributed by atoms with E-state index < -0.39 is 6.17 Å². The Balaban J connectivity index is 2.61. The molecule has 0 saturated carbocycles. The minimum atomic E-state index is -1.24. The molecular weight excluding hydrogens is 186 g/mol. The van der Waals surface area contributed by atoms with Crippen molar-refractivity contribution < 1.29 is 8.78 Å². The van der Waals surface area contributed by atoms with Gasteiger partial charge in [0.25, 0.3) is 0 Å². The van der Waals surface area contributed by atoms with Crippen molar-refractivity contribution in [2.24, 2.45) is 5.73 Å². The van der Waals surface area contributed by atoms with E-state index in [4.69, 9.17) is 5.73 Å². The van der Waals surface area contributed by atoms with Crippen LogP contribution in [0.3, 0.4) is 0 Å². The number of hydrogen-bond acceptors (Lipinski definition) is 1. The van der Waals surface area contributed by atoms with Crippen molar-refractivity contribution in [2.75, 3.05) is 6.54 Å². The van der Waals surface area contributed by atoms with Crippen LogP contribution < -0.4 is 5.73 Å². The van der Waals surface area contributed by atoms with Gasteiger partial charge in [-0.25, -0.2) is 8.78 Å². The molecule has 14 heavy (non-hydrogen) atoms. The van der Waals surface area contributed by atoms with Crippen LogP contribution in [0.1, 0.15) is 11.7 Å². The van der Waals surface area contributed by atoms with Crippen LogP contribution in [0.2, 0.25) is 0 Å². The predicted octanol–water partition coefficient (Wildman–Crippen LogP) is 2.28. The number of aromatic nitrogens is 1. The zero-order valence-electron chi connectivity index (χ0n) is 7.43. The van der Waals surface area contributed by atoms with E-state index >= 15 is 0 Å². The molecule has 3 N–H and O–H groups in total. The average molecular weight is 196 g/mol. The van der Waals surface area contributed by atoms with Gasteiger partial charge in [-0.1, -0.05) is 0 Å². The minimum Gasteiger partial charge on any atom is -0.361 e. The number of H-pyrrole nitrogens is 1. The van der Waals surface area contributed by atoms with Crippen LogP contribution in [0, 0.1) is 5.82 Å². The van der Waals surface area contributed by atoms with Crippen molar-refractivity contribution in [1.29, 1.82) is 0 Å². The molecule has 0 saturated heterocycles. The lowest BCUT2D eigenvalue weighted by Gasteiger charge is -2.02. The van der Waals surface area contributed by atoms with Crippen molar-refractivity contribution in [2.45, 2.75) is 6.17 Å². The molecule has 4 heteroatoms. The van der Waals surface area contributed by atoms with Crippen LogP contribution in [0.25, 0.3) is 10.9 Å². The van der Waals surface area contributed by atoms with Gasteiger partial charge < -0.3 is 10.7 Å². The van der Waals surface area contributed by atoms with Crippen molar-refractivity contribution in [1.82, 2.24) is 4.98 Å². The third kappa shape index (κ3) is 1.37. The molecule has 0 aliphatic carbocycles. The third-order valence-corrected chi connectivity index (χ3v) is 2.22. The van der Waals surface area contributed by atoms with Gasteiger partial charge in [0.05, 0.1) is 0 Å². The molecule has 0 bridgehead atoms. The van der Waals surface area contributed by atoms with E-state index in [-0.39, 0.29) is 12.4 Å². The van der Waals surface area contributed by atoms with E-state index in [1.54, 1.807) is 6.07 Å². The van der Waals surface area contributed by atoms with Crippen molar-refractivity contribution in [3.05, 3.63) is 35.8 Å². The van der Waals surface area contributed by atoms with Crippen molar-refractivity contribution in [3.8, 4) is 0 Å². The van der Waals surface area contributed by atoms with Gasteiger partial charge in [-0.3, -0.25) is 0 Å². The number of rotatable bonds is 2. The maximum atomic E-state index is 13.3. The van der Waals surface area contributed by atoms with Crippen LogP contribution >= 0.6 is 0 Å². The van der Waals surface area contributed by atoms with E-state index in [2.05, 4.69) is 4.98 Å². The van der Waals surface area contributed by atoms with Crippen LogP contribution in [0.15, 0.2) is 24.4 Å². The molecule has 0 amide bonds. The fourth-order valence-electron chi connectivity index (χ4n) is 1.50. The maximum absolute atomic E-state index is 13.3. The predicted molar refractivity (Wildman–Crippen MR) is 51.2 cm³/mol. The molecule has 74 valence electrons. The Labute approximate surface area is 79.7 Å². The second kappa shape index (κ2) is 3.38. The van der Waals surface area contributed by atoms with Crippen LogP contribution in [-0.4, -0.2) is 11.5 Å². The van der Waals surface area contributed by atoms with Gasteiger partial charge in [0, 0.05) is 29.2 Å². The molecule has 0 aliphatic rings. The quantitative estimate of drug-likeness (QED) is 0.760. The van der Waals surface area contributed by atoms with E-state index in [9.17, 15) is 8.78 Å². The summed E-state index contributed by atoms with van der Waals surface area (Å²) in [6, 6.07) is 4.22.